The lowest BCUT2D eigenvalue weighted by molar-refractivity contribution is -0.143. The summed E-state index contributed by atoms with van der Waals surface area (Å²) >= 11 is 0. The second-order valence-corrected chi connectivity index (χ2v) is 2.97. The van der Waals surface area contributed by atoms with E-state index < -0.39 is 12.0 Å². The molecule has 0 saturated carbocycles. The molecule has 0 aliphatic heterocycles. The van der Waals surface area contributed by atoms with Gasteiger partial charge in [0, 0.05) is 6.92 Å². The number of carbonyl (C=O) groups excluding carboxylic acids is 1. The van der Waals surface area contributed by atoms with Gasteiger partial charge in [0.1, 0.15) is 0 Å². The van der Waals surface area contributed by atoms with Crippen molar-refractivity contribution >= 4 is 11.9 Å². The predicted octanol–water partition coefficient (Wildman–Crippen LogP) is 0.000700. The molecule has 5 nitrogen and oxygen atoms in total. The number of hydrogen-bond acceptors (Lipinski definition) is 3. The third-order valence-corrected chi connectivity index (χ3v) is 1.27. The van der Waals surface area contributed by atoms with Crippen LogP contribution < -0.4 is 5.32 Å². The zero-order chi connectivity index (χ0) is 10.4. The first-order valence-corrected chi connectivity index (χ1v) is 4.05. The zero-order valence-electron chi connectivity index (χ0n) is 8.03. The lowest BCUT2D eigenvalue weighted by Gasteiger charge is -2.15. The highest BCUT2D eigenvalue weighted by Gasteiger charge is 2.18. The van der Waals surface area contributed by atoms with Crippen molar-refractivity contribution in [3.05, 3.63) is 0 Å². The van der Waals surface area contributed by atoms with E-state index in [2.05, 4.69) is 5.32 Å². The van der Waals surface area contributed by atoms with E-state index in [9.17, 15) is 9.59 Å². The van der Waals surface area contributed by atoms with Gasteiger partial charge in [-0.25, -0.2) is 4.79 Å². The maximum Gasteiger partial charge on any atom is 0.328 e. The molecule has 0 unspecified atom stereocenters. The van der Waals surface area contributed by atoms with Crippen LogP contribution in [0.5, 0.6) is 0 Å². The quantitative estimate of drug-likeness (QED) is 0.638. The minimum Gasteiger partial charge on any atom is -0.480 e. The summed E-state index contributed by atoms with van der Waals surface area (Å²) in [5.74, 6) is -1.46. The van der Waals surface area contributed by atoms with Crippen molar-refractivity contribution in [2.45, 2.75) is 32.9 Å². The maximum atomic E-state index is 10.6. The van der Waals surface area contributed by atoms with Crippen LogP contribution in [0.2, 0.25) is 0 Å². The fourth-order valence-corrected chi connectivity index (χ4v) is 0.709. The Labute approximate surface area is 77.1 Å². The Kier molecular flexibility index (Phi) is 5.06. The van der Waals surface area contributed by atoms with Crippen LogP contribution in [0.25, 0.3) is 0 Å². The zero-order valence-corrected chi connectivity index (χ0v) is 8.03. The third-order valence-electron chi connectivity index (χ3n) is 1.27. The van der Waals surface area contributed by atoms with Crippen LogP contribution in [-0.2, 0) is 14.3 Å². The fraction of sp³-hybridized carbons (Fsp3) is 0.750. The predicted molar refractivity (Wildman–Crippen MR) is 46.3 cm³/mol. The van der Waals surface area contributed by atoms with Gasteiger partial charge in [-0.1, -0.05) is 0 Å². The SMILES string of the molecule is CC(=O)N[C@@H](COC(C)C)C(=O)O. The topological polar surface area (TPSA) is 75.6 Å². The molecular formula is C8H15NO4. The van der Waals surface area contributed by atoms with Gasteiger partial charge >= 0.3 is 5.97 Å². The maximum absolute atomic E-state index is 10.6. The van der Waals surface area contributed by atoms with Crippen LogP contribution in [-0.4, -0.2) is 35.7 Å². The third kappa shape index (κ3) is 6.10. The first-order valence-electron chi connectivity index (χ1n) is 4.05. The highest BCUT2D eigenvalue weighted by Crippen LogP contribution is 1.92. The fourth-order valence-electron chi connectivity index (χ4n) is 0.709. The molecule has 1 atom stereocenters. The highest BCUT2D eigenvalue weighted by molar-refractivity contribution is 5.82. The lowest BCUT2D eigenvalue weighted by Crippen LogP contribution is -2.43. The van der Waals surface area contributed by atoms with Gasteiger partial charge in [-0.2, -0.15) is 0 Å². The molecule has 13 heavy (non-hydrogen) atoms. The van der Waals surface area contributed by atoms with Crippen LogP contribution >= 0.6 is 0 Å². The van der Waals surface area contributed by atoms with E-state index in [1.54, 1.807) is 13.8 Å². The number of hydrogen-bond donors (Lipinski definition) is 2. The van der Waals surface area contributed by atoms with E-state index in [0.717, 1.165) is 0 Å². The van der Waals surface area contributed by atoms with Gasteiger partial charge in [0.15, 0.2) is 6.04 Å². The monoisotopic (exact) mass is 189 g/mol. The second-order valence-electron chi connectivity index (χ2n) is 2.97. The Morgan fingerprint density at radius 2 is 2.00 bits per heavy atom. The molecule has 0 aromatic rings. The largest absolute Gasteiger partial charge is 0.480 e. The first kappa shape index (κ1) is 11.9. The number of ether oxygens (including phenoxy) is 1. The van der Waals surface area contributed by atoms with E-state index in [4.69, 9.17) is 9.84 Å². The molecule has 0 radical (unpaired) electrons. The van der Waals surface area contributed by atoms with Gasteiger partial charge < -0.3 is 15.2 Å². The minimum absolute atomic E-state index is 0.00736. The van der Waals surface area contributed by atoms with E-state index in [-0.39, 0.29) is 18.6 Å². The molecule has 0 fully saturated rings. The van der Waals surface area contributed by atoms with E-state index in [0.29, 0.717) is 0 Å². The van der Waals surface area contributed by atoms with Gasteiger partial charge in [0.25, 0.3) is 0 Å². The number of aliphatic carboxylic acids is 1. The van der Waals surface area contributed by atoms with Crippen molar-refractivity contribution in [1.29, 1.82) is 0 Å². The van der Waals surface area contributed by atoms with Crippen LogP contribution in [0.15, 0.2) is 0 Å². The molecular weight excluding hydrogens is 174 g/mol. The van der Waals surface area contributed by atoms with Gasteiger partial charge in [0.2, 0.25) is 5.91 Å². The van der Waals surface area contributed by atoms with E-state index >= 15 is 0 Å². The molecule has 0 aromatic heterocycles. The molecule has 0 rings (SSSR count). The molecule has 0 spiro atoms. The summed E-state index contributed by atoms with van der Waals surface area (Å²) in [6.07, 6.45) is -0.0457. The summed E-state index contributed by atoms with van der Waals surface area (Å²) < 4.78 is 5.07. The molecule has 0 saturated heterocycles. The van der Waals surface area contributed by atoms with Crippen molar-refractivity contribution in [3.63, 3.8) is 0 Å². The minimum atomic E-state index is -1.09. The van der Waals surface area contributed by atoms with Gasteiger partial charge in [-0.05, 0) is 13.8 Å². The summed E-state index contributed by atoms with van der Waals surface area (Å²) in [5.41, 5.74) is 0. The summed E-state index contributed by atoms with van der Waals surface area (Å²) in [6, 6.07) is -0.958. The number of nitrogens with one attached hydrogen (secondary N) is 1. The second kappa shape index (κ2) is 5.53. The van der Waals surface area contributed by atoms with Gasteiger partial charge in [-0.15, -0.1) is 0 Å². The Morgan fingerprint density at radius 1 is 1.46 bits per heavy atom. The van der Waals surface area contributed by atoms with Gasteiger partial charge in [-0.3, -0.25) is 4.79 Å². The number of rotatable bonds is 5. The normalized spacial score (nSPS) is 12.6. The van der Waals surface area contributed by atoms with E-state index in [1.807, 2.05) is 0 Å². The molecule has 5 heteroatoms. The van der Waals surface area contributed by atoms with Crippen molar-refractivity contribution in [3.8, 4) is 0 Å². The van der Waals surface area contributed by atoms with Crippen molar-refractivity contribution in [2.24, 2.45) is 0 Å². The Morgan fingerprint density at radius 3 is 2.31 bits per heavy atom. The van der Waals surface area contributed by atoms with E-state index in [1.165, 1.54) is 6.92 Å². The lowest BCUT2D eigenvalue weighted by atomic mass is 10.3. The highest BCUT2D eigenvalue weighted by atomic mass is 16.5. The molecule has 0 heterocycles. The molecule has 0 aliphatic rings. The van der Waals surface area contributed by atoms with Crippen LogP contribution in [0.4, 0.5) is 0 Å². The number of carboxylic acid groups (broad SMARTS) is 1. The number of carbonyl (C=O) groups is 2. The van der Waals surface area contributed by atoms with Crippen molar-refractivity contribution in [1.82, 2.24) is 5.32 Å². The molecule has 2 N–H and O–H groups in total. The number of amides is 1. The Bertz CT molecular complexity index is 191. The molecule has 0 bridgehead atoms. The molecule has 1 amide bonds. The summed E-state index contributed by atoms with van der Waals surface area (Å²) in [4.78, 5) is 21.1. The van der Waals surface area contributed by atoms with Crippen molar-refractivity contribution < 1.29 is 19.4 Å². The standard InChI is InChI=1S/C8H15NO4/c1-5(2)13-4-7(8(11)12)9-6(3)10/h5,7H,4H2,1-3H3,(H,9,10)(H,11,12)/t7-/m0/s1. The average Bonchev–Trinajstić information content (AvgIpc) is 1.96. The summed E-state index contributed by atoms with van der Waals surface area (Å²) in [5, 5.41) is 10.9. The van der Waals surface area contributed by atoms with Gasteiger partial charge in [0.05, 0.1) is 12.7 Å². The molecule has 0 aromatic carbocycles. The van der Waals surface area contributed by atoms with Crippen LogP contribution in [0.1, 0.15) is 20.8 Å². The summed E-state index contributed by atoms with van der Waals surface area (Å²) in [7, 11) is 0. The number of carboxylic acids is 1. The Hall–Kier alpha value is -1.10. The van der Waals surface area contributed by atoms with Crippen LogP contribution in [0.3, 0.4) is 0 Å². The Balaban J connectivity index is 3.95. The first-order chi connectivity index (χ1) is 5.93. The van der Waals surface area contributed by atoms with Crippen molar-refractivity contribution in [2.75, 3.05) is 6.61 Å². The van der Waals surface area contributed by atoms with Crippen LogP contribution in [0, 0.1) is 0 Å². The smallest absolute Gasteiger partial charge is 0.328 e. The molecule has 0 aliphatic carbocycles. The summed E-state index contributed by atoms with van der Waals surface area (Å²) in [6.45, 7) is 4.86. The molecule has 76 valence electrons. The average molecular weight is 189 g/mol.